The fourth-order valence-corrected chi connectivity index (χ4v) is 2.82. The van der Waals surface area contributed by atoms with Gasteiger partial charge in [0.15, 0.2) is 0 Å². The van der Waals surface area contributed by atoms with E-state index in [4.69, 9.17) is 16.3 Å². The monoisotopic (exact) mass is 314 g/mol. The Morgan fingerprint density at radius 1 is 1.09 bits per heavy atom. The number of hydrogen-bond donors (Lipinski definition) is 0. The standard InChI is InChI=1S/C18H19ClN2O/c1-22-18-9-6-15(19)12-17(18)20-13-14-4-7-16(8-5-14)21-10-2-3-11-21/h4-9,12-13H,2-3,10-11H2,1H3. The van der Waals surface area contributed by atoms with E-state index in [9.17, 15) is 0 Å². The van der Waals surface area contributed by atoms with E-state index in [1.807, 2.05) is 12.3 Å². The molecule has 0 radical (unpaired) electrons. The Labute approximate surface area is 136 Å². The van der Waals surface area contributed by atoms with Crippen LogP contribution in [0.1, 0.15) is 18.4 Å². The molecule has 1 aliphatic rings. The highest BCUT2D eigenvalue weighted by molar-refractivity contribution is 6.30. The van der Waals surface area contributed by atoms with Gasteiger partial charge >= 0.3 is 0 Å². The number of nitrogens with zero attached hydrogens (tertiary/aromatic N) is 2. The molecule has 3 rings (SSSR count). The van der Waals surface area contributed by atoms with Gasteiger partial charge in [0.1, 0.15) is 11.4 Å². The maximum atomic E-state index is 6.01. The Balaban J connectivity index is 1.76. The Kier molecular flexibility index (Phi) is 4.64. The minimum absolute atomic E-state index is 0.650. The third kappa shape index (κ3) is 3.42. The molecular weight excluding hydrogens is 296 g/mol. The first-order valence-electron chi connectivity index (χ1n) is 7.49. The molecule has 0 N–H and O–H groups in total. The number of halogens is 1. The third-order valence-electron chi connectivity index (χ3n) is 3.86. The molecule has 4 heteroatoms. The van der Waals surface area contributed by atoms with Gasteiger partial charge in [-0.2, -0.15) is 0 Å². The van der Waals surface area contributed by atoms with Gasteiger partial charge in [-0.25, -0.2) is 0 Å². The van der Waals surface area contributed by atoms with Crippen molar-refractivity contribution in [2.45, 2.75) is 12.8 Å². The molecule has 1 saturated heterocycles. The third-order valence-corrected chi connectivity index (χ3v) is 4.09. The molecular formula is C18H19ClN2O. The Bertz CT molecular complexity index is 661. The van der Waals surface area contributed by atoms with Crippen molar-refractivity contribution in [1.29, 1.82) is 0 Å². The second-order valence-corrected chi connectivity index (χ2v) is 5.80. The summed E-state index contributed by atoms with van der Waals surface area (Å²) in [6.07, 6.45) is 4.41. The summed E-state index contributed by atoms with van der Waals surface area (Å²) in [5.41, 5.74) is 3.08. The van der Waals surface area contributed by atoms with Crippen molar-refractivity contribution < 1.29 is 4.74 Å². The molecule has 0 unspecified atom stereocenters. The van der Waals surface area contributed by atoms with Gasteiger partial charge in [-0.15, -0.1) is 0 Å². The molecule has 0 aliphatic carbocycles. The molecule has 0 bridgehead atoms. The Morgan fingerprint density at radius 3 is 2.50 bits per heavy atom. The number of hydrogen-bond acceptors (Lipinski definition) is 3. The fourth-order valence-electron chi connectivity index (χ4n) is 2.65. The smallest absolute Gasteiger partial charge is 0.144 e. The van der Waals surface area contributed by atoms with Gasteiger partial charge in [-0.1, -0.05) is 23.7 Å². The van der Waals surface area contributed by atoms with E-state index in [-0.39, 0.29) is 0 Å². The maximum Gasteiger partial charge on any atom is 0.144 e. The van der Waals surface area contributed by atoms with Crippen molar-refractivity contribution in [1.82, 2.24) is 0 Å². The van der Waals surface area contributed by atoms with Gasteiger partial charge in [-0.3, -0.25) is 4.99 Å². The predicted molar refractivity (Wildman–Crippen MR) is 93.1 cm³/mol. The molecule has 2 aromatic carbocycles. The van der Waals surface area contributed by atoms with Crippen LogP contribution < -0.4 is 9.64 Å². The van der Waals surface area contributed by atoms with E-state index >= 15 is 0 Å². The fraction of sp³-hybridized carbons (Fsp3) is 0.278. The van der Waals surface area contributed by atoms with Crippen molar-refractivity contribution in [3.8, 4) is 5.75 Å². The van der Waals surface area contributed by atoms with Gasteiger partial charge in [0.05, 0.1) is 7.11 Å². The quantitative estimate of drug-likeness (QED) is 0.764. The summed E-state index contributed by atoms with van der Waals surface area (Å²) in [5, 5.41) is 0.650. The van der Waals surface area contributed by atoms with Gasteiger partial charge < -0.3 is 9.64 Å². The van der Waals surface area contributed by atoms with Crippen molar-refractivity contribution in [2.75, 3.05) is 25.1 Å². The van der Waals surface area contributed by atoms with Crippen LogP contribution in [-0.4, -0.2) is 26.4 Å². The number of ether oxygens (including phenoxy) is 1. The van der Waals surface area contributed by atoms with E-state index in [2.05, 4.69) is 34.2 Å². The molecule has 1 aliphatic heterocycles. The molecule has 1 fully saturated rings. The summed E-state index contributed by atoms with van der Waals surface area (Å²) >= 11 is 6.01. The molecule has 3 nitrogen and oxygen atoms in total. The Hall–Kier alpha value is -2.00. The zero-order valence-corrected chi connectivity index (χ0v) is 13.4. The second kappa shape index (κ2) is 6.84. The first kappa shape index (κ1) is 14.9. The van der Waals surface area contributed by atoms with Gasteiger partial charge in [0, 0.05) is 30.0 Å². The first-order chi connectivity index (χ1) is 10.8. The summed E-state index contributed by atoms with van der Waals surface area (Å²) in [4.78, 5) is 6.90. The molecule has 1 heterocycles. The highest BCUT2D eigenvalue weighted by atomic mass is 35.5. The highest BCUT2D eigenvalue weighted by Gasteiger charge is 2.11. The Morgan fingerprint density at radius 2 is 1.82 bits per heavy atom. The van der Waals surface area contributed by atoms with Crippen LogP contribution in [0.3, 0.4) is 0 Å². The van der Waals surface area contributed by atoms with E-state index in [1.54, 1.807) is 19.2 Å². The van der Waals surface area contributed by atoms with Crippen LogP contribution >= 0.6 is 11.6 Å². The van der Waals surface area contributed by atoms with Crippen LogP contribution in [0.15, 0.2) is 47.5 Å². The highest BCUT2D eigenvalue weighted by Crippen LogP contribution is 2.30. The molecule has 0 atom stereocenters. The van der Waals surface area contributed by atoms with E-state index in [1.165, 1.54) is 18.5 Å². The SMILES string of the molecule is COc1ccc(Cl)cc1N=Cc1ccc(N2CCCC2)cc1. The van der Waals surface area contributed by atoms with Crippen molar-refractivity contribution in [2.24, 2.45) is 4.99 Å². The predicted octanol–water partition coefficient (Wildman–Crippen LogP) is 4.70. The van der Waals surface area contributed by atoms with E-state index in [0.29, 0.717) is 10.8 Å². The summed E-state index contributed by atoms with van der Waals surface area (Å²) in [6.45, 7) is 2.32. The molecule has 114 valence electrons. The zero-order valence-electron chi connectivity index (χ0n) is 12.6. The molecule has 0 amide bonds. The van der Waals surface area contributed by atoms with Crippen molar-refractivity contribution >= 4 is 29.2 Å². The lowest BCUT2D eigenvalue weighted by molar-refractivity contribution is 0.416. The zero-order chi connectivity index (χ0) is 15.4. The molecule has 2 aromatic rings. The van der Waals surface area contributed by atoms with Crippen molar-refractivity contribution in [3.63, 3.8) is 0 Å². The number of rotatable bonds is 4. The number of benzene rings is 2. The molecule has 0 aromatic heterocycles. The number of methoxy groups -OCH3 is 1. The molecule has 0 spiro atoms. The van der Waals surface area contributed by atoms with Gasteiger partial charge in [-0.05, 0) is 48.7 Å². The first-order valence-corrected chi connectivity index (χ1v) is 7.87. The summed E-state index contributed by atoms with van der Waals surface area (Å²) < 4.78 is 5.30. The number of aliphatic imine (C=N–C) groups is 1. The van der Waals surface area contributed by atoms with Gasteiger partial charge in [0.25, 0.3) is 0 Å². The topological polar surface area (TPSA) is 24.8 Å². The van der Waals surface area contributed by atoms with E-state index in [0.717, 1.165) is 24.3 Å². The second-order valence-electron chi connectivity index (χ2n) is 5.36. The molecule has 0 saturated carbocycles. The lowest BCUT2D eigenvalue weighted by Gasteiger charge is -2.17. The van der Waals surface area contributed by atoms with Crippen LogP contribution in [0.4, 0.5) is 11.4 Å². The molecule has 22 heavy (non-hydrogen) atoms. The normalized spacial score (nSPS) is 14.7. The van der Waals surface area contributed by atoms with Crippen LogP contribution in [0.2, 0.25) is 5.02 Å². The lowest BCUT2D eigenvalue weighted by Crippen LogP contribution is -2.17. The average Bonchev–Trinajstić information content (AvgIpc) is 3.08. The maximum absolute atomic E-state index is 6.01. The van der Waals surface area contributed by atoms with Crippen molar-refractivity contribution in [3.05, 3.63) is 53.1 Å². The van der Waals surface area contributed by atoms with E-state index < -0.39 is 0 Å². The van der Waals surface area contributed by atoms with Gasteiger partial charge in [0.2, 0.25) is 0 Å². The lowest BCUT2D eigenvalue weighted by atomic mass is 10.2. The summed E-state index contributed by atoms with van der Waals surface area (Å²) in [6, 6.07) is 13.9. The van der Waals surface area contributed by atoms with Crippen LogP contribution in [0.25, 0.3) is 0 Å². The minimum Gasteiger partial charge on any atom is -0.494 e. The van der Waals surface area contributed by atoms with Crippen LogP contribution in [0, 0.1) is 0 Å². The van der Waals surface area contributed by atoms with Crippen LogP contribution in [0.5, 0.6) is 5.75 Å². The van der Waals surface area contributed by atoms with Crippen LogP contribution in [-0.2, 0) is 0 Å². The average molecular weight is 315 g/mol. The minimum atomic E-state index is 0.650. The summed E-state index contributed by atoms with van der Waals surface area (Å²) in [7, 11) is 1.63. The number of anilines is 1. The summed E-state index contributed by atoms with van der Waals surface area (Å²) in [5.74, 6) is 0.717. The largest absolute Gasteiger partial charge is 0.494 e.